The molecular weight excluding hydrogens is 216 g/mol. The maximum atomic E-state index is 11.5. The third kappa shape index (κ3) is 1.99. The summed E-state index contributed by atoms with van der Waals surface area (Å²) < 4.78 is 24.5. The fourth-order valence-corrected chi connectivity index (χ4v) is 1.74. The molecule has 0 bridgehead atoms. The smallest absolute Gasteiger partial charge is 0.186 e. The van der Waals surface area contributed by atoms with Gasteiger partial charge in [0.25, 0.3) is 0 Å². The van der Waals surface area contributed by atoms with E-state index in [9.17, 15) is 8.42 Å². The Morgan fingerprint density at radius 2 is 2.31 bits per heavy atom. The summed E-state index contributed by atoms with van der Waals surface area (Å²) in [7, 11) is -2.40. The lowest BCUT2D eigenvalue weighted by Crippen LogP contribution is -2.38. The molecule has 13 heavy (non-hydrogen) atoms. The zero-order valence-corrected chi connectivity index (χ0v) is 8.67. The fraction of sp³-hybridized carbons (Fsp3) is 0.400. The van der Waals surface area contributed by atoms with Crippen LogP contribution in [0.25, 0.3) is 0 Å². The number of aromatic nitrogens is 2. The van der Waals surface area contributed by atoms with E-state index in [1.807, 2.05) is 4.94 Å². The molecular formula is C5H9ClN4O2S. The minimum absolute atomic E-state index is 0.617. The largest absolute Gasteiger partial charge is 0.336 e. The standard InChI is InChI=1S/C5H9ClN4O2S/c1-5-3-4-10(7-5)13(11,12)9(2)8-6/h3-4,8H,1-2H3. The average molecular weight is 225 g/mol. The molecule has 0 atom stereocenters. The number of hydrogen-bond donors (Lipinski definition) is 1. The van der Waals surface area contributed by atoms with Crippen LogP contribution in [-0.4, -0.2) is 29.1 Å². The maximum absolute atomic E-state index is 11.5. The number of aryl methyl sites for hydroxylation is 1. The molecule has 74 valence electrons. The summed E-state index contributed by atoms with van der Waals surface area (Å²) in [5.74, 6) is 0. The molecule has 0 amide bonds. The second-order valence-corrected chi connectivity index (χ2v) is 4.38. The maximum Gasteiger partial charge on any atom is 0.336 e. The minimum Gasteiger partial charge on any atom is -0.186 e. The number of rotatable bonds is 3. The lowest BCUT2D eigenvalue weighted by molar-refractivity contribution is 0.438. The van der Waals surface area contributed by atoms with Gasteiger partial charge in [-0.3, -0.25) is 0 Å². The van der Waals surface area contributed by atoms with Crippen molar-refractivity contribution in [3.8, 4) is 0 Å². The number of nitrogens with one attached hydrogen (secondary N) is 1. The van der Waals surface area contributed by atoms with E-state index < -0.39 is 10.2 Å². The van der Waals surface area contributed by atoms with Gasteiger partial charge in [0.1, 0.15) is 0 Å². The van der Waals surface area contributed by atoms with Gasteiger partial charge in [-0.15, -0.1) is 4.41 Å². The van der Waals surface area contributed by atoms with E-state index in [1.54, 1.807) is 13.0 Å². The highest BCUT2D eigenvalue weighted by molar-refractivity contribution is 7.87. The summed E-state index contributed by atoms with van der Waals surface area (Å²) >= 11 is 5.15. The number of hydrogen-bond acceptors (Lipinski definition) is 4. The van der Waals surface area contributed by atoms with Gasteiger partial charge in [-0.05, 0) is 24.8 Å². The first-order valence-corrected chi connectivity index (χ1v) is 5.14. The SMILES string of the molecule is Cc1ccn(S(=O)(=O)N(C)NCl)n1. The highest BCUT2D eigenvalue weighted by Crippen LogP contribution is 2.01. The van der Waals surface area contributed by atoms with Crippen molar-refractivity contribution in [3.05, 3.63) is 18.0 Å². The van der Waals surface area contributed by atoms with E-state index in [0.29, 0.717) is 5.69 Å². The van der Waals surface area contributed by atoms with Crippen molar-refractivity contribution in [1.29, 1.82) is 0 Å². The first-order valence-electron chi connectivity index (χ1n) is 3.36. The van der Waals surface area contributed by atoms with Crippen LogP contribution in [0, 0.1) is 6.92 Å². The van der Waals surface area contributed by atoms with Crippen LogP contribution >= 0.6 is 11.8 Å². The van der Waals surface area contributed by atoms with Gasteiger partial charge >= 0.3 is 10.2 Å². The van der Waals surface area contributed by atoms with Crippen LogP contribution < -0.4 is 4.94 Å². The van der Waals surface area contributed by atoms with Gasteiger partial charge < -0.3 is 0 Å². The van der Waals surface area contributed by atoms with E-state index in [4.69, 9.17) is 11.8 Å². The molecule has 0 radical (unpaired) electrons. The van der Waals surface area contributed by atoms with Crippen molar-refractivity contribution in [2.75, 3.05) is 7.05 Å². The van der Waals surface area contributed by atoms with Crippen LogP contribution in [0.4, 0.5) is 0 Å². The Labute approximate surface area is 81.4 Å². The molecule has 0 unspecified atom stereocenters. The Hall–Kier alpha value is -0.630. The Balaban J connectivity index is 3.08. The lowest BCUT2D eigenvalue weighted by Gasteiger charge is -2.12. The summed E-state index contributed by atoms with van der Waals surface area (Å²) in [4.78, 5) is 1.97. The second-order valence-electron chi connectivity index (χ2n) is 2.39. The van der Waals surface area contributed by atoms with Crippen LogP contribution in [0.2, 0.25) is 0 Å². The molecule has 1 N–H and O–H groups in total. The predicted octanol–water partition coefficient (Wildman–Crippen LogP) is -0.125. The summed E-state index contributed by atoms with van der Waals surface area (Å²) in [5, 5.41) is 3.74. The van der Waals surface area contributed by atoms with Crippen LogP contribution in [0.15, 0.2) is 12.3 Å². The van der Waals surface area contributed by atoms with Crippen LogP contribution in [0.5, 0.6) is 0 Å². The van der Waals surface area contributed by atoms with Crippen LogP contribution in [0.1, 0.15) is 5.69 Å². The Bertz CT molecular complexity index is 387. The first kappa shape index (κ1) is 10.5. The van der Waals surface area contributed by atoms with Gasteiger partial charge in [-0.25, -0.2) is 0 Å². The highest BCUT2D eigenvalue weighted by atomic mass is 35.5. The number of hydrazine groups is 1. The topological polar surface area (TPSA) is 67.2 Å². The lowest BCUT2D eigenvalue weighted by atomic mass is 10.5. The molecule has 0 aliphatic carbocycles. The Morgan fingerprint density at radius 3 is 2.69 bits per heavy atom. The Kier molecular flexibility index (Phi) is 2.91. The van der Waals surface area contributed by atoms with Gasteiger partial charge in [0.15, 0.2) is 0 Å². The van der Waals surface area contributed by atoms with E-state index in [1.165, 1.54) is 13.2 Å². The van der Waals surface area contributed by atoms with Crippen molar-refractivity contribution in [3.63, 3.8) is 0 Å². The third-order valence-electron chi connectivity index (χ3n) is 1.40. The summed E-state index contributed by atoms with van der Waals surface area (Å²) in [6.07, 6.45) is 1.34. The van der Waals surface area contributed by atoms with Gasteiger partial charge in [0, 0.05) is 13.2 Å². The average Bonchev–Trinajstić information content (AvgIpc) is 2.50. The quantitative estimate of drug-likeness (QED) is 0.574. The molecule has 1 rings (SSSR count). The molecule has 0 spiro atoms. The molecule has 0 aliphatic heterocycles. The van der Waals surface area contributed by atoms with Gasteiger partial charge in [-0.1, -0.05) is 0 Å². The van der Waals surface area contributed by atoms with Gasteiger partial charge in [0.2, 0.25) is 0 Å². The van der Waals surface area contributed by atoms with Crippen LogP contribution in [0.3, 0.4) is 0 Å². The molecule has 8 heteroatoms. The third-order valence-corrected chi connectivity index (χ3v) is 3.21. The molecule has 0 fully saturated rings. The Morgan fingerprint density at radius 1 is 1.69 bits per heavy atom. The zero-order valence-electron chi connectivity index (χ0n) is 7.10. The molecule has 0 saturated carbocycles. The van der Waals surface area contributed by atoms with E-state index in [-0.39, 0.29) is 0 Å². The summed E-state index contributed by atoms with van der Waals surface area (Å²) in [6, 6.07) is 1.58. The van der Waals surface area contributed by atoms with E-state index in [2.05, 4.69) is 5.10 Å². The monoisotopic (exact) mass is 224 g/mol. The molecule has 1 aromatic rings. The van der Waals surface area contributed by atoms with Crippen molar-refractivity contribution in [1.82, 2.24) is 18.5 Å². The molecule has 1 aromatic heterocycles. The van der Waals surface area contributed by atoms with Crippen molar-refractivity contribution >= 4 is 22.0 Å². The second kappa shape index (κ2) is 3.62. The molecule has 0 saturated heterocycles. The normalized spacial score (nSPS) is 12.3. The van der Waals surface area contributed by atoms with Crippen molar-refractivity contribution in [2.45, 2.75) is 6.92 Å². The summed E-state index contributed by atoms with van der Waals surface area (Å²) in [6.45, 7) is 1.69. The zero-order chi connectivity index (χ0) is 10.1. The summed E-state index contributed by atoms with van der Waals surface area (Å²) in [5.41, 5.74) is 0.617. The first-order chi connectivity index (χ1) is 5.98. The molecule has 6 nitrogen and oxygen atoms in total. The number of nitrogens with zero attached hydrogens (tertiary/aromatic N) is 3. The van der Waals surface area contributed by atoms with Gasteiger partial charge in [0.05, 0.1) is 5.69 Å². The highest BCUT2D eigenvalue weighted by Gasteiger charge is 2.19. The molecule has 0 aliphatic rings. The van der Waals surface area contributed by atoms with E-state index >= 15 is 0 Å². The number of halogens is 1. The van der Waals surface area contributed by atoms with Crippen molar-refractivity contribution in [2.24, 2.45) is 0 Å². The molecule has 1 heterocycles. The van der Waals surface area contributed by atoms with Gasteiger partial charge in [-0.2, -0.15) is 22.5 Å². The minimum atomic E-state index is -3.67. The van der Waals surface area contributed by atoms with E-state index in [0.717, 1.165) is 8.50 Å². The van der Waals surface area contributed by atoms with Crippen LogP contribution in [-0.2, 0) is 10.2 Å². The fourth-order valence-electron chi connectivity index (χ4n) is 0.691. The molecule has 0 aromatic carbocycles. The predicted molar refractivity (Wildman–Crippen MR) is 48.0 cm³/mol. The van der Waals surface area contributed by atoms with Crippen molar-refractivity contribution < 1.29 is 8.42 Å².